The van der Waals surface area contributed by atoms with Crippen LogP contribution in [0.3, 0.4) is 0 Å². The second kappa shape index (κ2) is 7.08. The van der Waals surface area contributed by atoms with E-state index in [0.717, 1.165) is 0 Å². The smallest absolute Gasteiger partial charge is 0.322 e. The number of nitrogens with one attached hydrogen (secondary N) is 1. The Morgan fingerprint density at radius 1 is 0.879 bits per heavy atom. The lowest BCUT2D eigenvalue weighted by molar-refractivity contribution is -0.487. The number of nitrogens with zero attached hydrogens (tertiary/aromatic N) is 1. The molecule has 0 aliphatic heterocycles. The Bertz CT molecular complexity index is 1010. The zero-order chi connectivity index (χ0) is 26.2. The van der Waals surface area contributed by atoms with Gasteiger partial charge in [0, 0.05) is 16.6 Å². The van der Waals surface area contributed by atoms with Gasteiger partial charge in [-0.05, 0) is 22.0 Å². The Hall–Kier alpha value is -2.34. The van der Waals surface area contributed by atoms with Crippen molar-refractivity contribution < 1.29 is 66.8 Å². The van der Waals surface area contributed by atoms with Crippen molar-refractivity contribution in [1.82, 2.24) is 0 Å². The van der Waals surface area contributed by atoms with Crippen molar-refractivity contribution in [1.29, 1.82) is 0 Å². The SMILES string of the molecule is O=C(Nc1ccc([N+](=O)[O-])cc1Br)C1(F)C(F)(F)C(F)(F)C(F)(F)C(F)(F)C1(F)C(F)(F)F. The zero-order valence-corrected chi connectivity index (χ0v) is 16.3. The van der Waals surface area contributed by atoms with Crippen molar-refractivity contribution in [2.24, 2.45) is 0 Å². The zero-order valence-electron chi connectivity index (χ0n) is 14.7. The fourth-order valence-corrected chi connectivity index (χ4v) is 3.33. The van der Waals surface area contributed by atoms with E-state index >= 15 is 0 Å². The lowest BCUT2D eigenvalue weighted by Gasteiger charge is -2.54. The molecule has 1 aromatic carbocycles. The Morgan fingerprint density at radius 2 is 1.33 bits per heavy atom. The lowest BCUT2D eigenvalue weighted by atomic mass is 9.64. The highest BCUT2D eigenvalue weighted by Gasteiger charge is 3.06. The monoisotopic (exact) mass is 574 g/mol. The van der Waals surface area contributed by atoms with E-state index in [2.05, 4.69) is 15.9 Å². The van der Waals surface area contributed by atoms with E-state index in [1.54, 1.807) is 0 Å². The van der Waals surface area contributed by atoms with E-state index in [0.29, 0.717) is 17.4 Å². The maximum Gasteiger partial charge on any atom is 0.432 e. The van der Waals surface area contributed by atoms with Gasteiger partial charge in [-0.25, -0.2) is 8.78 Å². The minimum Gasteiger partial charge on any atom is -0.322 e. The number of hydrogen-bond donors (Lipinski definition) is 1. The molecule has 0 spiro atoms. The standard InChI is InChI=1S/C14H4BrF13N2O3/c15-5-3-4(30(32)33)1-2-6(5)29-7(31)8(16)9(17,14(26,27)28)11(20,21)13(24,25)12(22,23)10(8,18)19/h1-3H,(H,29,31). The van der Waals surface area contributed by atoms with E-state index in [1.165, 1.54) is 0 Å². The third-order valence-corrected chi connectivity index (χ3v) is 5.29. The Balaban J connectivity index is 2.83. The molecular weight excluding hydrogens is 571 g/mol. The van der Waals surface area contributed by atoms with Gasteiger partial charge in [-0.2, -0.15) is 48.3 Å². The van der Waals surface area contributed by atoms with Crippen LogP contribution < -0.4 is 5.32 Å². The molecule has 1 amide bonds. The van der Waals surface area contributed by atoms with Gasteiger partial charge >= 0.3 is 41.2 Å². The predicted molar refractivity (Wildman–Crippen MR) is 82.9 cm³/mol. The lowest BCUT2D eigenvalue weighted by Crippen LogP contribution is -2.90. The number of nitro benzene ring substituents is 1. The molecule has 0 bridgehead atoms. The molecule has 1 aliphatic carbocycles. The number of rotatable bonds is 3. The number of carbonyl (C=O) groups excluding carboxylic acids is 1. The second-order valence-electron chi connectivity index (χ2n) is 6.49. The normalized spacial score (nSPS) is 29.9. The fraction of sp³-hybridized carbons (Fsp3) is 0.500. The van der Waals surface area contributed by atoms with Gasteiger partial charge in [0.1, 0.15) is 0 Å². The molecule has 0 saturated heterocycles. The molecule has 0 heterocycles. The second-order valence-corrected chi connectivity index (χ2v) is 7.34. The number of anilines is 1. The molecule has 2 atom stereocenters. The quantitative estimate of drug-likeness (QED) is 0.280. The van der Waals surface area contributed by atoms with Crippen molar-refractivity contribution in [2.75, 3.05) is 5.32 Å². The van der Waals surface area contributed by atoms with Crippen LogP contribution in [0.1, 0.15) is 0 Å². The highest BCUT2D eigenvalue weighted by atomic mass is 79.9. The summed E-state index contributed by atoms with van der Waals surface area (Å²) in [5.74, 6) is -35.1. The van der Waals surface area contributed by atoms with Crippen LogP contribution in [0.25, 0.3) is 0 Å². The minimum atomic E-state index is -7.94. The Labute approximate surface area is 180 Å². The predicted octanol–water partition coefficient (Wildman–Crippen LogP) is 5.83. The van der Waals surface area contributed by atoms with Crippen LogP contribution in [0.15, 0.2) is 22.7 Å². The average Bonchev–Trinajstić information content (AvgIpc) is 2.65. The van der Waals surface area contributed by atoms with Gasteiger partial charge in [0.05, 0.1) is 10.6 Å². The highest BCUT2D eigenvalue weighted by molar-refractivity contribution is 9.10. The first-order valence-electron chi connectivity index (χ1n) is 7.68. The molecule has 1 aromatic rings. The first kappa shape index (κ1) is 26.9. The molecule has 2 unspecified atom stereocenters. The number of halogens is 14. The molecule has 33 heavy (non-hydrogen) atoms. The van der Waals surface area contributed by atoms with E-state index in [-0.39, 0.29) is 6.07 Å². The van der Waals surface area contributed by atoms with Gasteiger partial charge in [0.2, 0.25) is 0 Å². The number of non-ortho nitro benzene ring substituents is 1. The average molecular weight is 575 g/mol. The van der Waals surface area contributed by atoms with Crippen molar-refractivity contribution in [3.8, 4) is 0 Å². The van der Waals surface area contributed by atoms with Gasteiger partial charge in [0.15, 0.2) is 0 Å². The highest BCUT2D eigenvalue weighted by Crippen LogP contribution is 2.72. The van der Waals surface area contributed by atoms with E-state index < -0.39 is 67.9 Å². The summed E-state index contributed by atoms with van der Waals surface area (Å²) in [6.45, 7) is 0. The first-order valence-corrected chi connectivity index (χ1v) is 8.47. The first-order chi connectivity index (χ1) is 14.5. The molecule has 5 nitrogen and oxygen atoms in total. The van der Waals surface area contributed by atoms with Crippen LogP contribution >= 0.6 is 15.9 Å². The summed E-state index contributed by atoms with van der Waals surface area (Å²) >= 11 is 2.38. The van der Waals surface area contributed by atoms with Crippen LogP contribution in [0.4, 0.5) is 68.5 Å². The molecule has 186 valence electrons. The number of alkyl halides is 13. The summed E-state index contributed by atoms with van der Waals surface area (Å²) in [6.07, 6.45) is -7.78. The Morgan fingerprint density at radius 3 is 1.73 bits per heavy atom. The summed E-state index contributed by atoms with van der Waals surface area (Å²) < 4.78 is 178. The largest absolute Gasteiger partial charge is 0.432 e. The Kier molecular flexibility index (Phi) is 5.77. The maximum atomic E-state index is 15.0. The van der Waals surface area contributed by atoms with Crippen molar-refractivity contribution in [3.63, 3.8) is 0 Å². The van der Waals surface area contributed by atoms with Crippen LogP contribution in [0.2, 0.25) is 0 Å². The summed E-state index contributed by atoms with van der Waals surface area (Å²) in [6, 6.07) is 1.04. The van der Waals surface area contributed by atoms with Crippen molar-refractivity contribution >= 4 is 33.2 Å². The molecule has 1 aliphatic rings. The van der Waals surface area contributed by atoms with Gasteiger partial charge in [0.25, 0.3) is 11.6 Å². The number of amides is 1. The van der Waals surface area contributed by atoms with Crippen LogP contribution in [-0.4, -0.2) is 52.0 Å². The summed E-state index contributed by atoms with van der Waals surface area (Å²) in [7, 11) is 0. The fourth-order valence-electron chi connectivity index (χ4n) is 2.86. The molecule has 2 rings (SSSR count). The number of nitro groups is 1. The minimum absolute atomic E-state index is 0.267. The summed E-state index contributed by atoms with van der Waals surface area (Å²) in [4.78, 5) is 21.4. The molecule has 0 aromatic heterocycles. The topological polar surface area (TPSA) is 72.2 Å². The number of benzene rings is 1. The molecule has 1 saturated carbocycles. The van der Waals surface area contributed by atoms with Crippen molar-refractivity contribution in [2.45, 2.75) is 41.2 Å². The maximum absolute atomic E-state index is 15.0. The summed E-state index contributed by atoms with van der Waals surface area (Å²) in [5.41, 5.74) is -17.4. The van der Waals surface area contributed by atoms with Crippen LogP contribution in [0.5, 0.6) is 0 Å². The van der Waals surface area contributed by atoms with Gasteiger partial charge < -0.3 is 5.32 Å². The van der Waals surface area contributed by atoms with Gasteiger partial charge in [-0.1, -0.05) is 0 Å². The number of carbonyl (C=O) groups is 1. The van der Waals surface area contributed by atoms with E-state index in [1.807, 2.05) is 0 Å². The van der Waals surface area contributed by atoms with Crippen molar-refractivity contribution in [3.05, 3.63) is 32.8 Å². The van der Waals surface area contributed by atoms with Gasteiger partial charge in [-0.15, -0.1) is 0 Å². The van der Waals surface area contributed by atoms with Crippen LogP contribution in [0, 0.1) is 10.1 Å². The third kappa shape index (κ3) is 2.95. The molecular formula is C14H4BrF13N2O3. The molecule has 0 radical (unpaired) electrons. The van der Waals surface area contributed by atoms with Gasteiger partial charge in [-0.3, -0.25) is 14.9 Å². The van der Waals surface area contributed by atoms with E-state index in [4.69, 9.17) is 0 Å². The van der Waals surface area contributed by atoms with E-state index in [9.17, 15) is 72.0 Å². The molecule has 1 N–H and O–H groups in total. The molecule has 19 heteroatoms. The third-order valence-electron chi connectivity index (χ3n) is 4.64. The van der Waals surface area contributed by atoms with Crippen LogP contribution in [-0.2, 0) is 4.79 Å². The molecule has 1 fully saturated rings. The number of hydrogen-bond acceptors (Lipinski definition) is 3. The summed E-state index contributed by atoms with van der Waals surface area (Å²) in [5, 5.41) is 11.3.